The molecule has 0 aliphatic carbocycles. The summed E-state index contributed by atoms with van der Waals surface area (Å²) >= 11 is 0. The zero-order chi connectivity index (χ0) is 13.9. The molecule has 2 aliphatic rings. The van der Waals surface area contributed by atoms with Crippen molar-refractivity contribution in [2.24, 2.45) is 0 Å². The summed E-state index contributed by atoms with van der Waals surface area (Å²) in [5.74, 6) is 0. The Kier molecular flexibility index (Phi) is 3.92. The lowest BCUT2D eigenvalue weighted by Gasteiger charge is -2.32. The number of hydrogen-bond acceptors (Lipinski definition) is 2. The third-order valence-electron chi connectivity index (χ3n) is 4.46. The predicted molar refractivity (Wildman–Crippen MR) is 79.4 cm³/mol. The Morgan fingerprint density at radius 3 is 2.85 bits per heavy atom. The maximum absolute atomic E-state index is 11.9. The van der Waals surface area contributed by atoms with Gasteiger partial charge in [0.2, 0.25) is 0 Å². The number of amides is 2. The molecular weight excluding hydrogens is 250 g/mol. The molecule has 1 N–H and O–H groups in total. The normalized spacial score (nSPS) is 27.6. The fraction of sp³-hybridized carbons (Fsp3) is 0.562. The van der Waals surface area contributed by atoms with Gasteiger partial charge in [-0.15, -0.1) is 0 Å². The number of nitrogens with one attached hydrogen (secondary N) is 1. The van der Waals surface area contributed by atoms with Gasteiger partial charge in [-0.05, 0) is 25.3 Å². The third kappa shape index (κ3) is 2.80. The first-order chi connectivity index (χ1) is 9.74. The number of urea groups is 1. The topological polar surface area (TPSA) is 35.6 Å². The van der Waals surface area contributed by atoms with Crippen LogP contribution >= 0.6 is 0 Å². The maximum Gasteiger partial charge on any atom is 0.317 e. The number of benzene rings is 1. The van der Waals surface area contributed by atoms with Gasteiger partial charge in [0, 0.05) is 38.3 Å². The number of nitrogens with zero attached hydrogens (tertiary/aromatic N) is 2. The first-order valence-electron chi connectivity index (χ1n) is 7.56. The highest BCUT2D eigenvalue weighted by Crippen LogP contribution is 2.24. The molecule has 20 heavy (non-hydrogen) atoms. The molecule has 2 fully saturated rings. The molecule has 4 heteroatoms. The molecule has 2 atom stereocenters. The summed E-state index contributed by atoms with van der Waals surface area (Å²) in [6, 6.07) is 11.6. The maximum atomic E-state index is 11.9. The molecule has 1 aromatic carbocycles. The van der Waals surface area contributed by atoms with Crippen molar-refractivity contribution in [3.8, 4) is 0 Å². The van der Waals surface area contributed by atoms with Crippen molar-refractivity contribution in [1.29, 1.82) is 0 Å². The van der Waals surface area contributed by atoms with Gasteiger partial charge < -0.3 is 10.2 Å². The molecule has 1 aromatic rings. The minimum atomic E-state index is 0.120. The van der Waals surface area contributed by atoms with E-state index in [-0.39, 0.29) is 6.03 Å². The van der Waals surface area contributed by atoms with Crippen LogP contribution in [0.25, 0.3) is 0 Å². The monoisotopic (exact) mass is 273 g/mol. The third-order valence-corrected chi connectivity index (χ3v) is 4.46. The van der Waals surface area contributed by atoms with Gasteiger partial charge in [-0.2, -0.15) is 0 Å². The summed E-state index contributed by atoms with van der Waals surface area (Å²) in [4.78, 5) is 16.5. The van der Waals surface area contributed by atoms with Gasteiger partial charge in [0.1, 0.15) is 0 Å². The summed E-state index contributed by atoms with van der Waals surface area (Å²) in [7, 11) is 0. The van der Waals surface area contributed by atoms with Crippen LogP contribution in [-0.4, -0.2) is 47.5 Å². The molecule has 0 saturated carbocycles. The molecule has 0 radical (unpaired) electrons. The molecule has 0 bridgehead atoms. The van der Waals surface area contributed by atoms with Crippen molar-refractivity contribution in [2.45, 2.75) is 38.4 Å². The Morgan fingerprint density at radius 1 is 1.30 bits per heavy atom. The highest BCUT2D eigenvalue weighted by Gasteiger charge is 2.35. The molecule has 108 valence electrons. The SMILES string of the molecule is CC1CC(N2CCCNC2=O)CN1Cc1ccccc1. The summed E-state index contributed by atoms with van der Waals surface area (Å²) in [6.45, 7) is 5.97. The highest BCUT2D eigenvalue weighted by molar-refractivity contribution is 5.75. The molecule has 2 unspecified atom stereocenters. The molecule has 2 amide bonds. The van der Waals surface area contributed by atoms with E-state index in [2.05, 4.69) is 47.5 Å². The smallest absolute Gasteiger partial charge is 0.317 e. The van der Waals surface area contributed by atoms with Gasteiger partial charge in [-0.3, -0.25) is 4.90 Å². The number of rotatable bonds is 3. The Balaban J connectivity index is 1.63. The average molecular weight is 273 g/mol. The Hall–Kier alpha value is -1.55. The molecule has 3 rings (SSSR count). The van der Waals surface area contributed by atoms with Crippen LogP contribution in [0.3, 0.4) is 0 Å². The van der Waals surface area contributed by atoms with Crippen LogP contribution in [-0.2, 0) is 6.54 Å². The van der Waals surface area contributed by atoms with Crippen molar-refractivity contribution in [3.63, 3.8) is 0 Å². The Morgan fingerprint density at radius 2 is 2.10 bits per heavy atom. The molecule has 0 spiro atoms. The van der Waals surface area contributed by atoms with Crippen molar-refractivity contribution >= 4 is 6.03 Å². The zero-order valence-electron chi connectivity index (χ0n) is 12.1. The average Bonchev–Trinajstić information content (AvgIpc) is 2.81. The van der Waals surface area contributed by atoms with E-state index in [0.717, 1.165) is 39.0 Å². The first kappa shape index (κ1) is 13.4. The summed E-state index contributed by atoms with van der Waals surface area (Å²) in [5, 5.41) is 2.96. The van der Waals surface area contributed by atoms with Crippen molar-refractivity contribution in [1.82, 2.24) is 15.1 Å². The van der Waals surface area contributed by atoms with Gasteiger partial charge in [-0.1, -0.05) is 30.3 Å². The van der Waals surface area contributed by atoms with E-state index in [9.17, 15) is 4.79 Å². The first-order valence-corrected chi connectivity index (χ1v) is 7.56. The van der Waals surface area contributed by atoms with Gasteiger partial charge in [0.25, 0.3) is 0 Å². The Labute approximate surface area is 120 Å². The molecule has 4 nitrogen and oxygen atoms in total. The van der Waals surface area contributed by atoms with E-state index in [4.69, 9.17) is 0 Å². The zero-order valence-corrected chi connectivity index (χ0v) is 12.1. The second kappa shape index (κ2) is 5.83. The van der Waals surface area contributed by atoms with Crippen LogP contribution < -0.4 is 5.32 Å². The van der Waals surface area contributed by atoms with Crippen LogP contribution in [0.4, 0.5) is 4.79 Å². The fourth-order valence-electron chi connectivity index (χ4n) is 3.33. The summed E-state index contributed by atoms with van der Waals surface area (Å²) in [6.07, 6.45) is 2.15. The largest absolute Gasteiger partial charge is 0.338 e. The van der Waals surface area contributed by atoms with Crippen LogP contribution in [0.5, 0.6) is 0 Å². The van der Waals surface area contributed by atoms with Gasteiger partial charge >= 0.3 is 6.03 Å². The predicted octanol–water partition coefficient (Wildman–Crippen LogP) is 2.06. The van der Waals surface area contributed by atoms with E-state index in [1.54, 1.807) is 0 Å². The van der Waals surface area contributed by atoms with Gasteiger partial charge in [-0.25, -0.2) is 4.79 Å². The van der Waals surface area contributed by atoms with E-state index in [0.29, 0.717) is 12.1 Å². The van der Waals surface area contributed by atoms with Gasteiger partial charge in [0.05, 0.1) is 0 Å². The van der Waals surface area contributed by atoms with Crippen LogP contribution in [0.1, 0.15) is 25.3 Å². The second-order valence-electron chi connectivity index (χ2n) is 5.93. The quantitative estimate of drug-likeness (QED) is 0.915. The lowest BCUT2D eigenvalue weighted by molar-refractivity contribution is 0.160. The minimum absolute atomic E-state index is 0.120. The lowest BCUT2D eigenvalue weighted by atomic mass is 10.1. The minimum Gasteiger partial charge on any atom is -0.338 e. The summed E-state index contributed by atoms with van der Waals surface area (Å²) < 4.78 is 0. The fourth-order valence-corrected chi connectivity index (χ4v) is 3.33. The van der Waals surface area contributed by atoms with Crippen LogP contribution in [0.2, 0.25) is 0 Å². The van der Waals surface area contributed by atoms with E-state index < -0.39 is 0 Å². The standard InChI is InChI=1S/C16H23N3O/c1-13-10-15(19-9-5-8-17-16(19)20)12-18(13)11-14-6-3-2-4-7-14/h2-4,6-7,13,15H,5,8-12H2,1H3,(H,17,20). The number of carbonyl (C=O) groups excluding carboxylic acids is 1. The molecular formula is C16H23N3O. The molecule has 2 heterocycles. The van der Waals surface area contributed by atoms with Crippen LogP contribution in [0, 0.1) is 0 Å². The molecule has 0 aromatic heterocycles. The van der Waals surface area contributed by atoms with Gasteiger partial charge in [0.15, 0.2) is 0 Å². The highest BCUT2D eigenvalue weighted by atomic mass is 16.2. The van der Waals surface area contributed by atoms with E-state index in [1.807, 2.05) is 4.90 Å². The Bertz CT molecular complexity index is 462. The van der Waals surface area contributed by atoms with Crippen molar-refractivity contribution in [2.75, 3.05) is 19.6 Å². The van der Waals surface area contributed by atoms with E-state index in [1.165, 1.54) is 5.56 Å². The number of hydrogen-bond donors (Lipinski definition) is 1. The van der Waals surface area contributed by atoms with E-state index >= 15 is 0 Å². The second-order valence-corrected chi connectivity index (χ2v) is 5.93. The number of carbonyl (C=O) groups is 1. The van der Waals surface area contributed by atoms with Crippen molar-refractivity contribution < 1.29 is 4.79 Å². The lowest BCUT2D eigenvalue weighted by Crippen LogP contribution is -2.51. The molecule has 2 saturated heterocycles. The molecule has 2 aliphatic heterocycles. The summed E-state index contributed by atoms with van der Waals surface area (Å²) in [5.41, 5.74) is 1.35. The van der Waals surface area contributed by atoms with Crippen molar-refractivity contribution in [3.05, 3.63) is 35.9 Å². The number of likely N-dealkylation sites (tertiary alicyclic amines) is 1. The van der Waals surface area contributed by atoms with Crippen LogP contribution in [0.15, 0.2) is 30.3 Å².